The first-order chi connectivity index (χ1) is 13.6. The van der Waals surface area contributed by atoms with Gasteiger partial charge in [0.25, 0.3) is 0 Å². The third kappa shape index (κ3) is 3.43. The molecule has 0 aliphatic rings. The predicted molar refractivity (Wildman–Crippen MR) is 109 cm³/mol. The summed E-state index contributed by atoms with van der Waals surface area (Å²) in [5, 5.41) is 14.0. The van der Waals surface area contributed by atoms with Crippen LogP contribution in [-0.4, -0.2) is 30.8 Å². The van der Waals surface area contributed by atoms with E-state index in [1.165, 1.54) is 0 Å². The van der Waals surface area contributed by atoms with Crippen LogP contribution in [0.15, 0.2) is 48.5 Å². The highest BCUT2D eigenvalue weighted by Crippen LogP contribution is 2.24. The molecule has 0 radical (unpaired) electrons. The van der Waals surface area contributed by atoms with Crippen LogP contribution >= 0.6 is 11.6 Å². The van der Waals surface area contributed by atoms with Gasteiger partial charge in [0.2, 0.25) is 5.91 Å². The van der Waals surface area contributed by atoms with Crippen molar-refractivity contribution in [3.63, 3.8) is 0 Å². The number of aromatic nitrogens is 4. The lowest BCUT2D eigenvalue weighted by atomic mass is 10.1. The summed E-state index contributed by atoms with van der Waals surface area (Å²) in [6, 6.07) is 15.7. The highest BCUT2D eigenvalue weighted by Gasteiger charge is 2.18. The molecule has 6 nitrogen and oxygen atoms in total. The van der Waals surface area contributed by atoms with Gasteiger partial charge >= 0.3 is 0 Å². The Kier molecular flexibility index (Phi) is 4.96. The van der Waals surface area contributed by atoms with Gasteiger partial charge in [0.05, 0.1) is 5.52 Å². The Labute approximate surface area is 167 Å². The number of nitrogens with zero attached hydrogens (tertiary/aromatic N) is 5. The third-order valence-electron chi connectivity index (χ3n) is 4.87. The number of fused-ring (bicyclic) bond motifs is 3. The van der Waals surface area contributed by atoms with E-state index in [4.69, 9.17) is 11.6 Å². The van der Waals surface area contributed by atoms with E-state index in [0.29, 0.717) is 30.2 Å². The molecule has 0 fully saturated rings. The van der Waals surface area contributed by atoms with Crippen LogP contribution in [0, 0.1) is 6.92 Å². The summed E-state index contributed by atoms with van der Waals surface area (Å²) in [5.41, 5.74) is 4.70. The fourth-order valence-corrected chi connectivity index (χ4v) is 3.59. The van der Waals surface area contributed by atoms with E-state index in [9.17, 15) is 4.79 Å². The number of carbonyl (C=O) groups excluding carboxylic acids is 1. The molecule has 2 aromatic carbocycles. The van der Waals surface area contributed by atoms with E-state index in [1.807, 2.05) is 61.2 Å². The van der Waals surface area contributed by atoms with Gasteiger partial charge in [-0.05, 0) is 46.7 Å². The smallest absolute Gasteiger partial charge is 0.222 e. The quantitative estimate of drug-likeness (QED) is 0.510. The molecule has 0 bridgehead atoms. The van der Waals surface area contributed by atoms with Crippen molar-refractivity contribution in [2.24, 2.45) is 0 Å². The molecule has 0 spiro atoms. The van der Waals surface area contributed by atoms with Crippen molar-refractivity contribution in [3.05, 3.63) is 70.2 Å². The second-order valence-electron chi connectivity index (χ2n) is 6.83. The summed E-state index contributed by atoms with van der Waals surface area (Å²) in [6.07, 6.45) is 0.432. The Balaban J connectivity index is 1.75. The number of rotatable bonds is 5. The molecule has 0 atom stereocenters. The Morgan fingerprint density at radius 3 is 2.68 bits per heavy atom. The zero-order valence-corrected chi connectivity index (χ0v) is 16.5. The highest BCUT2D eigenvalue weighted by atomic mass is 35.5. The molecule has 4 aromatic rings. The van der Waals surface area contributed by atoms with Gasteiger partial charge in [0.15, 0.2) is 5.65 Å². The number of pyridine rings is 1. The molecule has 1 amide bonds. The van der Waals surface area contributed by atoms with Crippen LogP contribution < -0.4 is 0 Å². The van der Waals surface area contributed by atoms with Crippen molar-refractivity contribution in [2.45, 2.75) is 33.4 Å². The van der Waals surface area contributed by atoms with Crippen LogP contribution in [0.1, 0.15) is 30.0 Å². The maximum atomic E-state index is 12.6. The summed E-state index contributed by atoms with van der Waals surface area (Å²) in [5.74, 6) is 0.0740. The first kappa shape index (κ1) is 18.4. The van der Waals surface area contributed by atoms with Crippen molar-refractivity contribution < 1.29 is 4.79 Å². The molecule has 0 N–H and O–H groups in total. The molecular formula is C21H20ClN5O. The van der Waals surface area contributed by atoms with Crippen molar-refractivity contribution in [1.82, 2.24) is 24.9 Å². The number of carbonyl (C=O) groups is 1. The van der Waals surface area contributed by atoms with Gasteiger partial charge in [0.1, 0.15) is 0 Å². The van der Waals surface area contributed by atoms with Gasteiger partial charge < -0.3 is 4.90 Å². The highest BCUT2D eigenvalue weighted by molar-refractivity contribution is 6.30. The zero-order valence-electron chi connectivity index (χ0n) is 15.8. The fraction of sp³-hybridized carbons (Fsp3) is 0.238. The van der Waals surface area contributed by atoms with Crippen LogP contribution in [0.4, 0.5) is 0 Å². The van der Waals surface area contributed by atoms with E-state index in [-0.39, 0.29) is 5.91 Å². The van der Waals surface area contributed by atoms with Crippen molar-refractivity contribution in [2.75, 3.05) is 0 Å². The first-order valence-electron chi connectivity index (χ1n) is 9.18. The van der Waals surface area contributed by atoms with Gasteiger partial charge in [-0.1, -0.05) is 48.9 Å². The minimum atomic E-state index is 0.0740. The molecule has 2 heterocycles. The van der Waals surface area contributed by atoms with Crippen LogP contribution in [0.3, 0.4) is 0 Å². The molecule has 0 aliphatic heterocycles. The lowest BCUT2D eigenvalue weighted by Gasteiger charge is -2.23. The van der Waals surface area contributed by atoms with Gasteiger partial charge in [-0.2, -0.15) is 4.52 Å². The lowest BCUT2D eigenvalue weighted by Crippen LogP contribution is -2.29. The molecule has 2 aromatic heterocycles. The van der Waals surface area contributed by atoms with E-state index in [0.717, 1.165) is 27.6 Å². The molecule has 0 saturated heterocycles. The number of para-hydroxylation sites is 1. The SMILES string of the molecule is CCC(=O)N(Cc1ccc(Cl)cc1)Cc1cc2cccc(C)c2n2nnnc12. The van der Waals surface area contributed by atoms with Crippen LogP contribution in [0.5, 0.6) is 0 Å². The standard InChI is InChI=1S/C21H20ClN5O/c1-3-19(28)26(12-15-7-9-18(22)10-8-15)13-17-11-16-6-4-5-14(2)20(16)27-21(17)23-24-25-27/h4-11H,3,12-13H2,1-2H3. The Morgan fingerprint density at radius 1 is 1.14 bits per heavy atom. The normalized spacial score (nSPS) is 11.2. The Hall–Kier alpha value is -2.99. The van der Waals surface area contributed by atoms with E-state index in [2.05, 4.69) is 21.6 Å². The number of benzene rings is 2. The van der Waals surface area contributed by atoms with Crippen LogP contribution in [0.2, 0.25) is 5.02 Å². The molecule has 0 unspecified atom stereocenters. The fourth-order valence-electron chi connectivity index (χ4n) is 3.47. The number of halogens is 1. The topological polar surface area (TPSA) is 63.4 Å². The summed E-state index contributed by atoms with van der Waals surface area (Å²) in [4.78, 5) is 14.4. The van der Waals surface area contributed by atoms with Gasteiger partial charge in [-0.3, -0.25) is 4.79 Å². The van der Waals surface area contributed by atoms with Gasteiger partial charge in [-0.25, -0.2) is 0 Å². The van der Waals surface area contributed by atoms with E-state index in [1.54, 1.807) is 4.52 Å². The number of tetrazole rings is 1. The van der Waals surface area contributed by atoms with Crippen molar-refractivity contribution >= 4 is 34.1 Å². The first-order valence-corrected chi connectivity index (χ1v) is 9.56. The monoisotopic (exact) mass is 393 g/mol. The minimum absolute atomic E-state index is 0.0740. The average molecular weight is 394 g/mol. The van der Waals surface area contributed by atoms with Crippen molar-refractivity contribution in [3.8, 4) is 0 Å². The summed E-state index contributed by atoms with van der Waals surface area (Å²) >= 11 is 5.98. The second kappa shape index (κ2) is 7.56. The lowest BCUT2D eigenvalue weighted by molar-refractivity contribution is -0.132. The number of aryl methyl sites for hydroxylation is 1. The summed E-state index contributed by atoms with van der Waals surface area (Å²) in [6.45, 7) is 4.85. The van der Waals surface area contributed by atoms with Crippen LogP contribution in [-0.2, 0) is 17.9 Å². The molecule has 0 saturated carbocycles. The molecule has 142 valence electrons. The third-order valence-corrected chi connectivity index (χ3v) is 5.12. The number of amides is 1. The molecule has 0 aliphatic carbocycles. The Bertz CT molecular complexity index is 1150. The van der Waals surface area contributed by atoms with E-state index >= 15 is 0 Å². The maximum Gasteiger partial charge on any atom is 0.222 e. The maximum absolute atomic E-state index is 12.6. The molecule has 28 heavy (non-hydrogen) atoms. The van der Waals surface area contributed by atoms with Crippen LogP contribution in [0.25, 0.3) is 16.6 Å². The second-order valence-corrected chi connectivity index (χ2v) is 7.26. The minimum Gasteiger partial charge on any atom is -0.334 e. The Morgan fingerprint density at radius 2 is 1.93 bits per heavy atom. The predicted octanol–water partition coefficient (Wildman–Crippen LogP) is 4.18. The largest absolute Gasteiger partial charge is 0.334 e. The number of hydrogen-bond donors (Lipinski definition) is 0. The van der Waals surface area contributed by atoms with E-state index < -0.39 is 0 Å². The molecule has 4 rings (SSSR count). The summed E-state index contributed by atoms with van der Waals surface area (Å²) < 4.78 is 1.76. The molecular weight excluding hydrogens is 374 g/mol. The van der Waals surface area contributed by atoms with Gasteiger partial charge in [0, 0.05) is 35.5 Å². The van der Waals surface area contributed by atoms with Crippen molar-refractivity contribution in [1.29, 1.82) is 0 Å². The molecule has 7 heteroatoms. The average Bonchev–Trinajstić information content (AvgIpc) is 3.18. The summed E-state index contributed by atoms with van der Waals surface area (Å²) in [7, 11) is 0. The number of hydrogen-bond acceptors (Lipinski definition) is 4. The zero-order chi connectivity index (χ0) is 19.7. The van der Waals surface area contributed by atoms with Gasteiger partial charge in [-0.15, -0.1) is 5.10 Å².